The summed E-state index contributed by atoms with van der Waals surface area (Å²) in [6.07, 6.45) is 0. The van der Waals surface area contributed by atoms with Gasteiger partial charge in [0.05, 0.1) is 48.4 Å². The second-order valence-corrected chi connectivity index (χ2v) is 8.96. The Morgan fingerprint density at radius 2 is 1.68 bits per heavy atom. The van der Waals surface area contributed by atoms with Crippen LogP contribution in [0.25, 0.3) is 10.9 Å². The quantitative estimate of drug-likeness (QED) is 0.193. The number of aromatic nitrogens is 1. The van der Waals surface area contributed by atoms with E-state index in [1.165, 1.54) is 27.1 Å². The van der Waals surface area contributed by atoms with Crippen molar-refractivity contribution in [1.29, 1.82) is 0 Å². The van der Waals surface area contributed by atoms with Crippen LogP contribution in [0.1, 0.15) is 49.1 Å². The van der Waals surface area contributed by atoms with Gasteiger partial charge in [-0.1, -0.05) is 30.3 Å². The Morgan fingerprint density at radius 1 is 1.00 bits per heavy atom. The van der Waals surface area contributed by atoms with Crippen LogP contribution in [0.3, 0.4) is 0 Å². The maximum atomic E-state index is 12.7. The number of aliphatic hydroxyl groups is 1. The SMILES string of the molecule is COC(=O)c1cc2c(cc1C)c(C(=Nc1ccc(C(=O)N(C)OCCO)cc1)c1ccccc1)c(O)n2C(C)=O. The van der Waals surface area contributed by atoms with Crippen molar-refractivity contribution in [1.82, 2.24) is 9.63 Å². The number of hydrogen-bond donors (Lipinski definition) is 2. The first kappa shape index (κ1) is 28.2. The number of nitrogens with zero attached hydrogens (tertiary/aromatic N) is 3. The average molecular weight is 544 g/mol. The van der Waals surface area contributed by atoms with E-state index >= 15 is 0 Å². The maximum absolute atomic E-state index is 12.7. The molecule has 0 aliphatic heterocycles. The number of benzene rings is 3. The van der Waals surface area contributed by atoms with Crippen LogP contribution in [0, 0.1) is 6.92 Å². The number of hydrogen-bond acceptors (Lipinski definition) is 8. The van der Waals surface area contributed by atoms with Gasteiger partial charge in [-0.15, -0.1) is 0 Å². The summed E-state index contributed by atoms with van der Waals surface area (Å²) in [5.41, 5.74) is 3.41. The summed E-state index contributed by atoms with van der Waals surface area (Å²) in [7, 11) is 2.73. The average Bonchev–Trinajstić information content (AvgIpc) is 3.24. The Hall–Kier alpha value is -4.80. The van der Waals surface area contributed by atoms with Crippen LogP contribution in [0.4, 0.5) is 5.69 Å². The number of esters is 1. The molecule has 10 heteroatoms. The lowest BCUT2D eigenvalue weighted by Crippen LogP contribution is -2.28. The van der Waals surface area contributed by atoms with Crippen LogP contribution in [0.2, 0.25) is 0 Å². The molecular formula is C30H29N3O7. The van der Waals surface area contributed by atoms with Gasteiger partial charge in [0.2, 0.25) is 11.8 Å². The van der Waals surface area contributed by atoms with Crippen LogP contribution in [-0.4, -0.2) is 70.7 Å². The molecule has 0 aliphatic rings. The monoisotopic (exact) mass is 543 g/mol. The third-order valence-electron chi connectivity index (χ3n) is 6.31. The van der Waals surface area contributed by atoms with Crippen molar-refractivity contribution in [2.45, 2.75) is 13.8 Å². The summed E-state index contributed by atoms with van der Waals surface area (Å²) in [4.78, 5) is 47.6. The van der Waals surface area contributed by atoms with E-state index in [1.807, 2.05) is 30.3 Å². The van der Waals surface area contributed by atoms with Crippen LogP contribution in [-0.2, 0) is 9.57 Å². The number of aliphatic imine (C=N–C) groups is 1. The summed E-state index contributed by atoms with van der Waals surface area (Å²) >= 11 is 0. The molecule has 1 aromatic heterocycles. The number of ether oxygens (including phenoxy) is 1. The zero-order valence-corrected chi connectivity index (χ0v) is 22.5. The second-order valence-electron chi connectivity index (χ2n) is 8.96. The molecule has 0 radical (unpaired) electrons. The first-order valence-electron chi connectivity index (χ1n) is 12.4. The number of carbonyl (C=O) groups is 3. The van der Waals surface area contributed by atoms with Crippen molar-refractivity contribution in [2.24, 2.45) is 4.99 Å². The highest BCUT2D eigenvalue weighted by molar-refractivity contribution is 6.23. The lowest BCUT2D eigenvalue weighted by Gasteiger charge is -2.16. The molecule has 206 valence electrons. The Balaban J connectivity index is 1.90. The highest BCUT2D eigenvalue weighted by Gasteiger charge is 2.26. The molecule has 1 heterocycles. The number of fused-ring (bicyclic) bond motifs is 1. The predicted molar refractivity (Wildman–Crippen MR) is 149 cm³/mol. The fourth-order valence-corrected chi connectivity index (χ4v) is 4.40. The number of aromatic hydroxyl groups is 1. The Kier molecular flexibility index (Phi) is 8.42. The molecule has 0 fully saturated rings. The van der Waals surface area contributed by atoms with Gasteiger partial charge in [-0.2, -0.15) is 0 Å². The van der Waals surface area contributed by atoms with E-state index in [0.717, 1.165) is 9.63 Å². The van der Waals surface area contributed by atoms with Gasteiger partial charge in [0.15, 0.2) is 0 Å². The number of carbonyl (C=O) groups excluding carboxylic acids is 3. The van der Waals surface area contributed by atoms with Crippen molar-refractivity contribution in [2.75, 3.05) is 27.4 Å². The summed E-state index contributed by atoms with van der Waals surface area (Å²) in [6, 6.07) is 18.9. The van der Waals surface area contributed by atoms with Crippen LogP contribution >= 0.6 is 0 Å². The first-order valence-corrected chi connectivity index (χ1v) is 12.4. The van der Waals surface area contributed by atoms with Gasteiger partial charge in [-0.25, -0.2) is 14.9 Å². The third kappa shape index (κ3) is 5.49. The molecule has 10 nitrogen and oxygen atoms in total. The fraction of sp³-hybridized carbons (Fsp3) is 0.200. The standard InChI is InChI=1S/C30H29N3O7/c1-18-16-24-25(17-23(18)30(38)39-4)33(19(2)35)29(37)26(24)27(20-8-6-5-7-9-20)31-22-12-10-21(11-13-22)28(36)32(3)40-15-14-34/h5-13,16-17,34,37H,14-15H2,1-4H3. The Bertz CT molecular complexity index is 1610. The largest absolute Gasteiger partial charge is 0.494 e. The summed E-state index contributed by atoms with van der Waals surface area (Å²) < 4.78 is 6.03. The molecule has 4 rings (SSSR count). The van der Waals surface area contributed by atoms with Crippen molar-refractivity contribution >= 4 is 40.1 Å². The van der Waals surface area contributed by atoms with E-state index in [2.05, 4.69) is 0 Å². The van der Waals surface area contributed by atoms with E-state index in [0.29, 0.717) is 44.6 Å². The third-order valence-corrected chi connectivity index (χ3v) is 6.31. The Morgan fingerprint density at radius 3 is 2.27 bits per heavy atom. The smallest absolute Gasteiger partial charge is 0.338 e. The number of amides is 1. The first-order chi connectivity index (χ1) is 19.2. The second kappa shape index (κ2) is 11.9. The molecular weight excluding hydrogens is 514 g/mol. The lowest BCUT2D eigenvalue weighted by molar-refractivity contribution is -0.114. The zero-order valence-electron chi connectivity index (χ0n) is 22.5. The van der Waals surface area contributed by atoms with Gasteiger partial charge in [0.1, 0.15) is 0 Å². The maximum Gasteiger partial charge on any atom is 0.338 e. The van der Waals surface area contributed by atoms with E-state index in [4.69, 9.17) is 19.7 Å². The van der Waals surface area contributed by atoms with Gasteiger partial charge >= 0.3 is 5.97 Å². The lowest BCUT2D eigenvalue weighted by atomic mass is 9.98. The van der Waals surface area contributed by atoms with Crippen LogP contribution < -0.4 is 0 Å². The minimum absolute atomic E-state index is 0.0109. The molecule has 0 aliphatic carbocycles. The number of aliphatic hydroxyl groups excluding tert-OH is 1. The van der Waals surface area contributed by atoms with E-state index < -0.39 is 17.8 Å². The number of aryl methyl sites for hydroxylation is 1. The highest BCUT2D eigenvalue weighted by atomic mass is 16.7. The highest BCUT2D eigenvalue weighted by Crippen LogP contribution is 2.36. The van der Waals surface area contributed by atoms with Gasteiger partial charge in [0, 0.05) is 30.5 Å². The predicted octanol–water partition coefficient (Wildman–Crippen LogP) is 4.27. The molecule has 4 aromatic rings. The normalized spacial score (nSPS) is 11.5. The molecule has 2 N–H and O–H groups in total. The van der Waals surface area contributed by atoms with Crippen molar-refractivity contribution in [3.8, 4) is 5.88 Å². The number of hydroxylamine groups is 2. The summed E-state index contributed by atoms with van der Waals surface area (Å²) in [5, 5.41) is 21.9. The molecule has 0 saturated heterocycles. The summed E-state index contributed by atoms with van der Waals surface area (Å²) in [5.74, 6) is -1.72. The van der Waals surface area contributed by atoms with Gasteiger partial charge in [0.25, 0.3) is 5.91 Å². The molecule has 40 heavy (non-hydrogen) atoms. The van der Waals surface area contributed by atoms with Gasteiger partial charge in [-0.05, 0) is 48.9 Å². The van der Waals surface area contributed by atoms with Crippen LogP contribution in [0.5, 0.6) is 5.88 Å². The summed E-state index contributed by atoms with van der Waals surface area (Å²) in [6.45, 7) is 2.83. The van der Waals surface area contributed by atoms with Crippen LogP contribution in [0.15, 0.2) is 71.7 Å². The van der Waals surface area contributed by atoms with E-state index in [-0.39, 0.29) is 24.7 Å². The minimum atomic E-state index is -0.560. The van der Waals surface area contributed by atoms with Gasteiger partial charge < -0.3 is 14.9 Å². The Labute approximate surface area is 230 Å². The van der Waals surface area contributed by atoms with Gasteiger partial charge in [-0.3, -0.25) is 19.0 Å². The number of rotatable bonds is 8. The number of methoxy groups -OCH3 is 1. The zero-order chi connectivity index (χ0) is 29.0. The molecule has 3 aromatic carbocycles. The molecule has 0 saturated carbocycles. The molecule has 0 spiro atoms. The van der Waals surface area contributed by atoms with Crippen molar-refractivity contribution in [3.63, 3.8) is 0 Å². The molecule has 0 atom stereocenters. The van der Waals surface area contributed by atoms with E-state index in [1.54, 1.807) is 37.3 Å². The van der Waals surface area contributed by atoms with E-state index in [9.17, 15) is 19.5 Å². The fourth-order valence-electron chi connectivity index (χ4n) is 4.40. The molecule has 0 bridgehead atoms. The minimum Gasteiger partial charge on any atom is -0.494 e. The van der Waals surface area contributed by atoms with Crippen molar-refractivity contribution in [3.05, 3.63) is 94.5 Å². The molecule has 1 amide bonds. The van der Waals surface area contributed by atoms with Crippen molar-refractivity contribution < 1.29 is 34.2 Å². The molecule has 0 unspecified atom stereocenters. The topological polar surface area (TPSA) is 131 Å².